The van der Waals surface area contributed by atoms with Crippen molar-refractivity contribution < 1.29 is 4.74 Å². The highest BCUT2D eigenvalue weighted by atomic mass is 16.5. The molecule has 0 amide bonds. The van der Waals surface area contributed by atoms with Crippen LogP contribution in [0.2, 0.25) is 0 Å². The lowest BCUT2D eigenvalue weighted by molar-refractivity contribution is 0.386. The van der Waals surface area contributed by atoms with Crippen LogP contribution in [0.25, 0.3) is 0 Å². The summed E-state index contributed by atoms with van der Waals surface area (Å²) < 4.78 is 5.49. The topological polar surface area (TPSA) is 47.3 Å². The summed E-state index contributed by atoms with van der Waals surface area (Å²) in [7, 11) is 1.73. The summed E-state index contributed by atoms with van der Waals surface area (Å²) in [6, 6.07) is 6.45. The minimum Gasteiger partial charge on any atom is -0.496 e. The number of rotatable bonds is 7. The molecule has 3 N–H and O–H groups in total. The standard InChI is InChI=1S/C15H26N2O/c1-5-12-6-7-14(18-4)13(10-12)15(2,3)11-17-9-8-16/h6-7,10,17H,5,8-9,11,16H2,1-4H3. The van der Waals surface area contributed by atoms with Gasteiger partial charge in [-0.15, -0.1) is 0 Å². The van der Waals surface area contributed by atoms with Crippen molar-refractivity contribution in [1.29, 1.82) is 0 Å². The lowest BCUT2D eigenvalue weighted by atomic mass is 9.83. The Bertz CT molecular complexity index is 375. The maximum absolute atomic E-state index is 5.51. The van der Waals surface area contributed by atoms with E-state index < -0.39 is 0 Å². The molecule has 0 aliphatic carbocycles. The maximum Gasteiger partial charge on any atom is 0.122 e. The quantitative estimate of drug-likeness (QED) is 0.728. The van der Waals surface area contributed by atoms with Gasteiger partial charge < -0.3 is 15.8 Å². The minimum atomic E-state index is 0.0334. The van der Waals surface area contributed by atoms with Crippen LogP contribution < -0.4 is 15.8 Å². The fourth-order valence-electron chi connectivity index (χ4n) is 2.10. The van der Waals surface area contributed by atoms with E-state index in [1.54, 1.807) is 7.11 Å². The summed E-state index contributed by atoms with van der Waals surface area (Å²) in [4.78, 5) is 0. The van der Waals surface area contributed by atoms with Crippen molar-refractivity contribution in [1.82, 2.24) is 5.32 Å². The van der Waals surface area contributed by atoms with Crippen LogP contribution in [0.1, 0.15) is 31.9 Å². The molecule has 18 heavy (non-hydrogen) atoms. The first kappa shape index (κ1) is 15.0. The number of hydrogen-bond acceptors (Lipinski definition) is 3. The van der Waals surface area contributed by atoms with Gasteiger partial charge in [0.15, 0.2) is 0 Å². The van der Waals surface area contributed by atoms with Crippen molar-refractivity contribution in [3.63, 3.8) is 0 Å². The molecule has 0 saturated heterocycles. The molecule has 0 bridgehead atoms. The van der Waals surface area contributed by atoms with Gasteiger partial charge in [0, 0.05) is 30.6 Å². The molecule has 102 valence electrons. The Kier molecular flexibility index (Phi) is 5.63. The van der Waals surface area contributed by atoms with Crippen molar-refractivity contribution in [3.05, 3.63) is 29.3 Å². The van der Waals surface area contributed by atoms with E-state index in [1.165, 1.54) is 11.1 Å². The number of hydrogen-bond donors (Lipinski definition) is 2. The van der Waals surface area contributed by atoms with Crippen LogP contribution in [0, 0.1) is 0 Å². The zero-order chi connectivity index (χ0) is 13.6. The number of benzene rings is 1. The van der Waals surface area contributed by atoms with Gasteiger partial charge in [-0.05, 0) is 18.1 Å². The number of nitrogens with one attached hydrogen (secondary N) is 1. The number of methoxy groups -OCH3 is 1. The molecule has 1 aromatic carbocycles. The van der Waals surface area contributed by atoms with Crippen LogP contribution in [0.4, 0.5) is 0 Å². The van der Waals surface area contributed by atoms with E-state index >= 15 is 0 Å². The Morgan fingerprint density at radius 2 is 2.06 bits per heavy atom. The molecule has 3 heteroatoms. The summed E-state index contributed by atoms with van der Waals surface area (Å²) in [5.74, 6) is 0.965. The Morgan fingerprint density at radius 1 is 1.33 bits per heavy atom. The molecule has 0 unspecified atom stereocenters. The summed E-state index contributed by atoms with van der Waals surface area (Å²) >= 11 is 0. The summed E-state index contributed by atoms with van der Waals surface area (Å²) in [6.07, 6.45) is 1.04. The third kappa shape index (κ3) is 3.72. The van der Waals surface area contributed by atoms with E-state index in [4.69, 9.17) is 10.5 Å². The van der Waals surface area contributed by atoms with E-state index in [9.17, 15) is 0 Å². The van der Waals surface area contributed by atoms with Gasteiger partial charge in [-0.25, -0.2) is 0 Å². The van der Waals surface area contributed by atoms with E-state index in [1.807, 2.05) is 0 Å². The Balaban J connectivity index is 2.96. The first-order valence-corrected chi connectivity index (χ1v) is 6.63. The van der Waals surface area contributed by atoms with Crippen molar-refractivity contribution in [2.24, 2.45) is 5.73 Å². The predicted octanol–water partition coefficient (Wildman–Crippen LogP) is 2.08. The summed E-state index contributed by atoms with van der Waals surface area (Å²) in [5.41, 5.74) is 8.15. The van der Waals surface area contributed by atoms with Crippen LogP contribution in [0.5, 0.6) is 5.75 Å². The van der Waals surface area contributed by atoms with Crippen molar-refractivity contribution >= 4 is 0 Å². The van der Waals surface area contributed by atoms with Gasteiger partial charge in [0.1, 0.15) is 5.75 Å². The summed E-state index contributed by atoms with van der Waals surface area (Å²) in [5, 5.41) is 3.38. The molecule has 0 aliphatic rings. The molecule has 1 aromatic rings. The molecule has 0 aromatic heterocycles. The fraction of sp³-hybridized carbons (Fsp3) is 0.600. The first-order chi connectivity index (χ1) is 8.55. The van der Waals surface area contributed by atoms with Crippen molar-refractivity contribution in [3.8, 4) is 5.75 Å². The Morgan fingerprint density at radius 3 is 2.61 bits per heavy atom. The van der Waals surface area contributed by atoms with Crippen LogP contribution in [0.15, 0.2) is 18.2 Å². The number of nitrogens with two attached hydrogens (primary N) is 1. The van der Waals surface area contributed by atoms with Gasteiger partial charge in [0.05, 0.1) is 7.11 Å². The van der Waals surface area contributed by atoms with Gasteiger partial charge in [-0.1, -0.05) is 32.9 Å². The third-order valence-electron chi connectivity index (χ3n) is 3.29. The largest absolute Gasteiger partial charge is 0.496 e. The van der Waals surface area contributed by atoms with E-state index in [0.29, 0.717) is 6.54 Å². The van der Waals surface area contributed by atoms with Gasteiger partial charge in [0.2, 0.25) is 0 Å². The highest BCUT2D eigenvalue weighted by molar-refractivity contribution is 5.42. The molecule has 0 aliphatic heterocycles. The average Bonchev–Trinajstić information content (AvgIpc) is 2.38. The molecular weight excluding hydrogens is 224 g/mol. The van der Waals surface area contributed by atoms with Gasteiger partial charge in [0.25, 0.3) is 0 Å². The molecule has 0 fully saturated rings. The minimum absolute atomic E-state index is 0.0334. The van der Waals surface area contributed by atoms with Crippen LogP contribution in [-0.4, -0.2) is 26.7 Å². The van der Waals surface area contributed by atoms with Crippen molar-refractivity contribution in [2.45, 2.75) is 32.6 Å². The smallest absolute Gasteiger partial charge is 0.122 e. The summed E-state index contributed by atoms with van der Waals surface area (Å²) in [6.45, 7) is 9.04. The lowest BCUT2D eigenvalue weighted by Crippen LogP contribution is -2.35. The van der Waals surface area contributed by atoms with Crippen LogP contribution >= 0.6 is 0 Å². The second kappa shape index (κ2) is 6.76. The van der Waals surface area contributed by atoms with Gasteiger partial charge in [-0.2, -0.15) is 0 Å². The number of ether oxygens (including phenoxy) is 1. The zero-order valence-electron chi connectivity index (χ0n) is 12.0. The second-order valence-corrected chi connectivity index (χ2v) is 5.24. The molecule has 1 rings (SSSR count). The Hall–Kier alpha value is -1.06. The normalized spacial score (nSPS) is 11.6. The van der Waals surface area contributed by atoms with Gasteiger partial charge >= 0.3 is 0 Å². The lowest BCUT2D eigenvalue weighted by Gasteiger charge is -2.28. The van der Waals surface area contributed by atoms with E-state index in [-0.39, 0.29) is 5.41 Å². The average molecular weight is 250 g/mol. The fourth-order valence-corrected chi connectivity index (χ4v) is 2.10. The molecular formula is C15H26N2O. The highest BCUT2D eigenvalue weighted by Gasteiger charge is 2.24. The molecule has 0 radical (unpaired) electrons. The highest BCUT2D eigenvalue weighted by Crippen LogP contribution is 2.32. The second-order valence-electron chi connectivity index (χ2n) is 5.24. The van der Waals surface area contributed by atoms with Crippen LogP contribution in [0.3, 0.4) is 0 Å². The molecule has 0 heterocycles. The number of aryl methyl sites for hydroxylation is 1. The molecule has 0 saturated carbocycles. The first-order valence-electron chi connectivity index (χ1n) is 6.63. The maximum atomic E-state index is 5.51. The van der Waals surface area contributed by atoms with Gasteiger partial charge in [-0.3, -0.25) is 0 Å². The molecule has 0 atom stereocenters. The predicted molar refractivity (Wildman–Crippen MR) is 77.3 cm³/mol. The molecule has 3 nitrogen and oxygen atoms in total. The van der Waals surface area contributed by atoms with Crippen molar-refractivity contribution in [2.75, 3.05) is 26.7 Å². The monoisotopic (exact) mass is 250 g/mol. The van der Waals surface area contributed by atoms with E-state index in [2.05, 4.69) is 44.3 Å². The van der Waals surface area contributed by atoms with E-state index in [0.717, 1.165) is 25.3 Å². The SMILES string of the molecule is CCc1ccc(OC)c(C(C)(C)CNCCN)c1. The zero-order valence-corrected chi connectivity index (χ0v) is 12.0. The Labute approximate surface area is 111 Å². The third-order valence-corrected chi connectivity index (χ3v) is 3.29. The molecule has 0 spiro atoms. The van der Waals surface area contributed by atoms with Crippen LogP contribution in [-0.2, 0) is 11.8 Å².